The minimum absolute atomic E-state index is 0.423. The van der Waals surface area contributed by atoms with Gasteiger partial charge >= 0.3 is 6.01 Å². The summed E-state index contributed by atoms with van der Waals surface area (Å²) in [6.45, 7) is 0.626. The summed E-state index contributed by atoms with van der Waals surface area (Å²) < 4.78 is 5.83. The number of aromatic nitrogens is 2. The highest BCUT2D eigenvalue weighted by molar-refractivity contribution is 9.09. The van der Waals surface area contributed by atoms with Crippen LogP contribution >= 0.6 is 15.9 Å². The molecule has 1 heterocycles. The van der Waals surface area contributed by atoms with Gasteiger partial charge in [0.1, 0.15) is 0 Å². The number of alkyl halides is 1. The number of rotatable bonds is 10. The summed E-state index contributed by atoms with van der Waals surface area (Å²) in [7, 11) is 0. The number of ether oxygens (including phenoxy) is 1. The Morgan fingerprint density at radius 2 is 1.24 bits per heavy atom. The van der Waals surface area contributed by atoms with Gasteiger partial charge in [0.05, 0.1) is 18.0 Å². The quantitative estimate of drug-likeness (QED) is 0.253. The number of halogens is 1. The third-order valence-corrected chi connectivity index (χ3v) is 4.81. The van der Waals surface area contributed by atoms with Gasteiger partial charge in [0.25, 0.3) is 0 Å². The molecular formula is C25H25BrN2O. The van der Waals surface area contributed by atoms with E-state index >= 15 is 0 Å². The average Bonchev–Trinajstić information content (AvgIpc) is 2.77. The Morgan fingerprint density at radius 1 is 0.690 bits per heavy atom. The van der Waals surface area contributed by atoms with Gasteiger partial charge in [0.15, 0.2) is 0 Å². The molecule has 3 nitrogen and oxygen atoms in total. The van der Waals surface area contributed by atoms with Crippen LogP contribution < -0.4 is 4.74 Å². The molecular weight excluding hydrogens is 424 g/mol. The predicted octanol–water partition coefficient (Wildman–Crippen LogP) is 6.76. The van der Waals surface area contributed by atoms with E-state index in [0.29, 0.717) is 12.6 Å². The van der Waals surface area contributed by atoms with Gasteiger partial charge in [-0.2, -0.15) is 9.97 Å². The average molecular weight is 449 g/mol. The molecule has 0 radical (unpaired) electrons. The molecule has 2 aromatic carbocycles. The van der Waals surface area contributed by atoms with E-state index in [1.807, 2.05) is 66.8 Å². The minimum Gasteiger partial charge on any atom is -0.463 e. The maximum atomic E-state index is 5.83. The molecule has 3 aromatic rings. The molecule has 0 saturated carbocycles. The molecule has 0 saturated heterocycles. The Morgan fingerprint density at radius 3 is 1.76 bits per heavy atom. The van der Waals surface area contributed by atoms with Gasteiger partial charge in [-0.15, -0.1) is 0 Å². The molecule has 3 rings (SSSR count). The number of nitrogens with zero attached hydrogens (tertiary/aromatic N) is 2. The van der Waals surface area contributed by atoms with Crippen LogP contribution in [-0.4, -0.2) is 21.9 Å². The Kier molecular flexibility index (Phi) is 8.67. The number of hydrogen-bond donors (Lipinski definition) is 0. The molecule has 0 amide bonds. The van der Waals surface area contributed by atoms with Crippen molar-refractivity contribution >= 4 is 40.2 Å². The van der Waals surface area contributed by atoms with Gasteiger partial charge in [-0.1, -0.05) is 88.7 Å². The Labute approximate surface area is 181 Å². The van der Waals surface area contributed by atoms with E-state index in [0.717, 1.165) is 47.1 Å². The standard InChI is InChI=1S/C25H25BrN2O/c26-18-8-3-9-19-29-25-27-23(16-14-21-10-4-1-5-11-21)20-24(28-25)17-15-22-12-6-2-7-13-22/h1-2,4-7,10-17,20H,3,8-9,18-19H2/b16-14+,17-15+. The molecule has 0 aliphatic carbocycles. The lowest BCUT2D eigenvalue weighted by molar-refractivity contribution is 0.282. The van der Waals surface area contributed by atoms with Crippen LogP contribution in [0.1, 0.15) is 41.8 Å². The van der Waals surface area contributed by atoms with E-state index in [4.69, 9.17) is 4.74 Å². The number of hydrogen-bond acceptors (Lipinski definition) is 3. The van der Waals surface area contributed by atoms with Crippen LogP contribution in [0.4, 0.5) is 0 Å². The summed E-state index contributed by atoms with van der Waals surface area (Å²) in [5.74, 6) is 0. The first kappa shape index (κ1) is 21.0. The lowest BCUT2D eigenvalue weighted by atomic mass is 10.2. The van der Waals surface area contributed by atoms with Crippen molar-refractivity contribution < 1.29 is 4.74 Å². The van der Waals surface area contributed by atoms with Crippen molar-refractivity contribution in [2.45, 2.75) is 19.3 Å². The van der Waals surface area contributed by atoms with Gasteiger partial charge in [-0.25, -0.2) is 0 Å². The lowest BCUT2D eigenvalue weighted by Crippen LogP contribution is -2.03. The summed E-state index contributed by atoms with van der Waals surface area (Å²) in [6.07, 6.45) is 11.4. The van der Waals surface area contributed by atoms with Gasteiger partial charge in [0.2, 0.25) is 0 Å². The molecule has 0 bridgehead atoms. The molecule has 0 N–H and O–H groups in total. The van der Waals surface area contributed by atoms with Crippen LogP contribution in [0.25, 0.3) is 24.3 Å². The Hall–Kier alpha value is -2.72. The van der Waals surface area contributed by atoms with Crippen molar-refractivity contribution in [2.24, 2.45) is 0 Å². The van der Waals surface area contributed by atoms with Crippen LogP contribution in [0.2, 0.25) is 0 Å². The molecule has 0 atom stereocenters. The molecule has 4 heteroatoms. The lowest BCUT2D eigenvalue weighted by Gasteiger charge is -2.06. The summed E-state index contributed by atoms with van der Waals surface area (Å²) in [6, 6.07) is 22.8. The molecule has 0 fully saturated rings. The molecule has 1 aromatic heterocycles. The first-order valence-electron chi connectivity index (χ1n) is 9.87. The normalized spacial score (nSPS) is 11.3. The number of unbranched alkanes of at least 4 members (excludes halogenated alkanes) is 2. The SMILES string of the molecule is BrCCCCCOc1nc(/C=C/c2ccccc2)cc(/C=C/c2ccccc2)n1. The Balaban J connectivity index is 1.77. The zero-order valence-electron chi connectivity index (χ0n) is 16.4. The fourth-order valence-corrected chi connectivity index (χ4v) is 3.12. The van der Waals surface area contributed by atoms with Crippen molar-refractivity contribution in [3.05, 3.63) is 89.2 Å². The van der Waals surface area contributed by atoms with E-state index < -0.39 is 0 Å². The van der Waals surface area contributed by atoms with Crippen molar-refractivity contribution in [2.75, 3.05) is 11.9 Å². The van der Waals surface area contributed by atoms with E-state index in [1.165, 1.54) is 0 Å². The highest BCUT2D eigenvalue weighted by Crippen LogP contribution is 2.15. The largest absolute Gasteiger partial charge is 0.463 e. The van der Waals surface area contributed by atoms with Crippen molar-refractivity contribution in [1.82, 2.24) is 9.97 Å². The fraction of sp³-hybridized carbons (Fsp3) is 0.200. The van der Waals surface area contributed by atoms with Crippen LogP contribution in [0.15, 0.2) is 66.7 Å². The van der Waals surface area contributed by atoms with Crippen LogP contribution in [-0.2, 0) is 0 Å². The summed E-state index contributed by atoms with van der Waals surface area (Å²) in [5, 5.41) is 1.03. The maximum Gasteiger partial charge on any atom is 0.317 e. The van der Waals surface area contributed by atoms with Gasteiger partial charge in [0, 0.05) is 5.33 Å². The number of benzene rings is 2. The maximum absolute atomic E-state index is 5.83. The smallest absolute Gasteiger partial charge is 0.317 e. The molecule has 29 heavy (non-hydrogen) atoms. The van der Waals surface area contributed by atoms with E-state index in [9.17, 15) is 0 Å². The third kappa shape index (κ3) is 7.66. The summed E-state index contributed by atoms with van der Waals surface area (Å²) in [4.78, 5) is 9.12. The predicted molar refractivity (Wildman–Crippen MR) is 126 cm³/mol. The van der Waals surface area contributed by atoms with Gasteiger partial charge in [-0.05, 0) is 48.6 Å². The second-order valence-corrected chi connectivity index (χ2v) is 7.38. The molecule has 0 aliphatic heterocycles. The highest BCUT2D eigenvalue weighted by Gasteiger charge is 2.03. The van der Waals surface area contributed by atoms with Crippen LogP contribution in [0.5, 0.6) is 6.01 Å². The second kappa shape index (κ2) is 12.0. The van der Waals surface area contributed by atoms with E-state index in [2.05, 4.69) is 50.2 Å². The summed E-state index contributed by atoms with van der Waals surface area (Å²) >= 11 is 3.46. The monoisotopic (exact) mass is 448 g/mol. The van der Waals surface area contributed by atoms with E-state index in [1.54, 1.807) is 0 Å². The van der Waals surface area contributed by atoms with Crippen molar-refractivity contribution in [3.63, 3.8) is 0 Å². The zero-order valence-corrected chi connectivity index (χ0v) is 18.0. The van der Waals surface area contributed by atoms with Gasteiger partial charge < -0.3 is 4.74 Å². The van der Waals surface area contributed by atoms with Crippen molar-refractivity contribution in [3.8, 4) is 6.01 Å². The van der Waals surface area contributed by atoms with E-state index in [-0.39, 0.29) is 0 Å². The van der Waals surface area contributed by atoms with Crippen LogP contribution in [0.3, 0.4) is 0 Å². The first-order valence-corrected chi connectivity index (χ1v) is 11.0. The van der Waals surface area contributed by atoms with Crippen molar-refractivity contribution in [1.29, 1.82) is 0 Å². The molecule has 0 aliphatic rings. The van der Waals surface area contributed by atoms with Crippen LogP contribution in [0, 0.1) is 0 Å². The molecule has 148 valence electrons. The third-order valence-electron chi connectivity index (χ3n) is 4.25. The first-order chi connectivity index (χ1) is 14.3. The topological polar surface area (TPSA) is 35.0 Å². The second-order valence-electron chi connectivity index (χ2n) is 6.59. The van der Waals surface area contributed by atoms with Gasteiger partial charge in [-0.3, -0.25) is 0 Å². The Bertz CT molecular complexity index is 856. The summed E-state index contributed by atoms with van der Waals surface area (Å²) in [5.41, 5.74) is 3.91. The minimum atomic E-state index is 0.423. The fourth-order valence-electron chi connectivity index (χ4n) is 2.73. The molecule has 0 unspecified atom stereocenters. The highest BCUT2D eigenvalue weighted by atomic mass is 79.9. The molecule has 0 spiro atoms. The zero-order chi connectivity index (χ0) is 20.2.